The van der Waals surface area contributed by atoms with E-state index in [0.717, 1.165) is 89.0 Å². The molecule has 4 fully saturated rings. The van der Waals surface area contributed by atoms with Crippen LogP contribution >= 0.6 is 0 Å². The van der Waals surface area contributed by atoms with Gasteiger partial charge in [-0.2, -0.15) is 8.42 Å². The first kappa shape index (κ1) is 85.3. The van der Waals surface area contributed by atoms with Gasteiger partial charge in [0.25, 0.3) is 10.1 Å². The zero-order valence-corrected chi connectivity index (χ0v) is 69.0. The van der Waals surface area contributed by atoms with Crippen molar-refractivity contribution < 1.29 is 58.7 Å². The Kier molecular flexibility index (Phi) is 28.8. The smallest absolute Gasteiger partial charge is 0.297 e. The highest BCUT2D eigenvalue weighted by molar-refractivity contribution is 7.92. The monoisotopic (exact) mass is 1440 g/mol. The molecule has 18 heteroatoms. The van der Waals surface area contributed by atoms with Crippen LogP contribution in [0.2, 0.25) is 36.3 Å². The van der Waals surface area contributed by atoms with Crippen molar-refractivity contribution in [1.82, 2.24) is 0 Å². The molecule has 7 rings (SSSR count). The lowest BCUT2D eigenvalue weighted by atomic mass is 9.60. The van der Waals surface area contributed by atoms with Crippen LogP contribution in [0.3, 0.4) is 0 Å². The van der Waals surface area contributed by atoms with Gasteiger partial charge >= 0.3 is 0 Å². The summed E-state index contributed by atoms with van der Waals surface area (Å²) in [5.41, 5.74) is -1.30. The standard InChI is InChI=1S/C36H64O5SSi.C31H54O3SSi.C12H18O5S/c1-33(2,3)23-15-19-27(31(25-32(37)35(7,8)38)42(39,40)26-17-13-12-14-18-26)28-21-22-29-30(20-16-24-36(28,29)9)41-43(10,11)34(4,5)6;1-29(2,3)21-13-15-24(23-35(32,33)25-16-11-10-12-17-25)26-19-20-27-28(18-14-22-31(26,27)7)34-36(8,9)30(4,5)6;1-9-4-6-10(7-5-9)18(15,16)17-8-11(13)12(2,3)14/h12-14,17-18,27-32,37-38H,15-16,19-25H2,1-11H3;10-12,16-17,24,26-28H,13-15,18-23H2,1-9H3;4-7,11,13-14H,8H2,1-3H3/t27-,28?,29?,30+,31?,32?,36-;24-,26?,27?,28-,31+;/m10./s1. The van der Waals surface area contributed by atoms with Crippen LogP contribution in [0.15, 0.2) is 99.6 Å². The van der Waals surface area contributed by atoms with Gasteiger partial charge in [-0.25, -0.2) is 16.8 Å². The number of sulfone groups is 2. The number of aliphatic hydroxyl groups is 4. The van der Waals surface area contributed by atoms with Gasteiger partial charge < -0.3 is 29.3 Å². The van der Waals surface area contributed by atoms with Gasteiger partial charge in [0.15, 0.2) is 36.3 Å². The topological polar surface area (TPSA) is 211 Å². The van der Waals surface area contributed by atoms with Crippen LogP contribution in [0.4, 0.5) is 0 Å². The molecular weight excluding hydrogens is 1310 g/mol. The van der Waals surface area contributed by atoms with Crippen LogP contribution in [0.5, 0.6) is 0 Å². The lowest BCUT2D eigenvalue weighted by molar-refractivity contribution is -0.0652. The van der Waals surface area contributed by atoms with Crippen molar-refractivity contribution in [1.29, 1.82) is 0 Å². The molecule has 0 bridgehead atoms. The second kappa shape index (κ2) is 32.8. The van der Waals surface area contributed by atoms with Crippen molar-refractivity contribution in [2.75, 3.05) is 12.4 Å². The average molecular weight is 1450 g/mol. The van der Waals surface area contributed by atoms with E-state index in [4.69, 9.17) is 13.0 Å². The molecule has 0 aliphatic heterocycles. The SMILES string of the molecule is CC(C)(C)CCC[C@@H](CS(=O)(=O)c1ccccc1)C1CCC2[C@@H](O[Si](C)(C)C(C)(C)C)CCC[C@]12C.CC(C)(C)CCC[C@H](C1CCC2[C@@H](O[Si](C)(C)C(C)(C)C)CCC[C@]12C)C(CC(O)C(C)(C)O)S(=O)(=O)c1ccccc1.Cc1ccc(S(=O)(=O)OCC(O)C(C)(C)O)cc1. The summed E-state index contributed by atoms with van der Waals surface area (Å²) >= 11 is 0. The Bertz CT molecular complexity index is 3260. The van der Waals surface area contributed by atoms with Crippen molar-refractivity contribution >= 4 is 46.4 Å². The molecule has 0 aromatic heterocycles. The number of aliphatic hydroxyl groups excluding tert-OH is 2. The van der Waals surface area contributed by atoms with Crippen molar-refractivity contribution in [2.24, 2.45) is 57.2 Å². The maximum Gasteiger partial charge on any atom is 0.297 e. The Hall–Kier alpha value is -2.34. The summed E-state index contributed by atoms with van der Waals surface area (Å²) in [6.45, 7) is 49.1. The summed E-state index contributed by atoms with van der Waals surface area (Å²) in [6, 6.07) is 24.1. The van der Waals surface area contributed by atoms with Gasteiger partial charge in [0.1, 0.15) is 6.10 Å². The van der Waals surface area contributed by atoms with Gasteiger partial charge in [-0.05, 0) is 248 Å². The van der Waals surface area contributed by atoms with Crippen molar-refractivity contribution in [3.05, 3.63) is 90.5 Å². The number of benzene rings is 3. The van der Waals surface area contributed by atoms with Crippen molar-refractivity contribution in [3.8, 4) is 0 Å². The summed E-state index contributed by atoms with van der Waals surface area (Å²) in [4.78, 5) is 0.815. The minimum atomic E-state index is -3.90. The van der Waals surface area contributed by atoms with Crippen LogP contribution in [-0.2, 0) is 42.8 Å². The zero-order chi connectivity index (χ0) is 73.6. The number of aryl methyl sites for hydroxylation is 1. The van der Waals surface area contributed by atoms with E-state index in [0.29, 0.717) is 33.6 Å². The third-order valence-corrected chi connectivity index (χ3v) is 38.5. The third kappa shape index (κ3) is 23.1. The zero-order valence-electron chi connectivity index (χ0n) is 64.6. The Morgan fingerprint density at radius 2 is 0.938 bits per heavy atom. The van der Waals surface area contributed by atoms with Crippen LogP contribution in [0, 0.1) is 64.1 Å². The van der Waals surface area contributed by atoms with Gasteiger partial charge in [0.2, 0.25) is 0 Å². The van der Waals surface area contributed by atoms with Crippen molar-refractivity contribution in [3.63, 3.8) is 0 Å². The lowest BCUT2D eigenvalue weighted by Gasteiger charge is -2.51. The average Bonchev–Trinajstić information content (AvgIpc) is 1.64. The number of hydrogen-bond acceptors (Lipinski definition) is 13. The Morgan fingerprint density at radius 1 is 0.526 bits per heavy atom. The highest BCUT2D eigenvalue weighted by Crippen LogP contribution is 2.62. The fourth-order valence-electron chi connectivity index (χ4n) is 16.0. The van der Waals surface area contributed by atoms with Crippen molar-refractivity contribution in [2.45, 2.75) is 333 Å². The molecule has 3 aromatic carbocycles. The van der Waals surface area contributed by atoms with E-state index in [2.05, 4.69) is 123 Å². The molecule has 0 amide bonds. The first-order valence-electron chi connectivity index (χ1n) is 36.8. The summed E-state index contributed by atoms with van der Waals surface area (Å²) in [5.74, 6) is 1.99. The fraction of sp³-hybridized carbons (Fsp3) is 0.772. The Balaban J connectivity index is 0.000000283. The number of hydrogen-bond donors (Lipinski definition) is 4. The van der Waals surface area contributed by atoms with Crippen LogP contribution in [0.25, 0.3) is 0 Å². The molecule has 0 radical (unpaired) electrons. The summed E-state index contributed by atoms with van der Waals surface area (Å²) in [5, 5.41) is 40.5. The van der Waals surface area contributed by atoms with Gasteiger partial charge in [0, 0.05) is 12.2 Å². The normalized spacial score (nSPS) is 25.7. The third-order valence-electron chi connectivity index (χ3n) is 24.1. The molecule has 4 aliphatic rings. The number of fused-ring (bicyclic) bond motifs is 2. The molecule has 556 valence electrons. The van der Waals surface area contributed by atoms with Crippen LogP contribution in [0.1, 0.15) is 239 Å². The molecular formula is C79H136O13S3Si2. The molecule has 13 atom stereocenters. The molecule has 0 heterocycles. The maximum atomic E-state index is 14.6. The molecule has 7 unspecified atom stereocenters. The Morgan fingerprint density at radius 3 is 1.36 bits per heavy atom. The highest BCUT2D eigenvalue weighted by atomic mass is 32.2. The van der Waals surface area contributed by atoms with E-state index in [1.165, 1.54) is 45.2 Å². The number of rotatable bonds is 26. The highest BCUT2D eigenvalue weighted by Gasteiger charge is 2.59. The molecule has 4 N–H and O–H groups in total. The van der Waals surface area contributed by atoms with Gasteiger partial charge in [-0.3, -0.25) is 4.18 Å². The molecule has 13 nitrogen and oxygen atoms in total. The van der Waals surface area contributed by atoms with E-state index in [9.17, 15) is 45.7 Å². The quantitative estimate of drug-likeness (QED) is 0.0436. The molecule has 4 saturated carbocycles. The summed E-state index contributed by atoms with van der Waals surface area (Å²) < 4.78 is 98.7. The second-order valence-electron chi connectivity index (χ2n) is 37.2. The minimum absolute atomic E-state index is 0.0241. The van der Waals surface area contributed by atoms with Crippen LogP contribution in [-0.4, -0.2) is 116 Å². The fourth-order valence-corrected chi connectivity index (χ4v) is 23.5. The molecule has 4 aliphatic carbocycles. The summed E-state index contributed by atoms with van der Waals surface area (Å²) in [6.07, 6.45) is 15.3. The van der Waals surface area contributed by atoms with Gasteiger partial charge in [-0.1, -0.05) is 177 Å². The molecule has 0 spiro atoms. The first-order chi connectivity index (χ1) is 44.1. The van der Waals surface area contributed by atoms with E-state index in [1.807, 2.05) is 31.2 Å². The predicted octanol–water partition coefficient (Wildman–Crippen LogP) is 18.5. The Labute approximate surface area is 593 Å². The van der Waals surface area contributed by atoms with Crippen LogP contribution < -0.4 is 0 Å². The first-order valence-corrected chi connectivity index (χ1v) is 47.2. The molecule has 3 aromatic rings. The largest absolute Gasteiger partial charge is 0.414 e. The maximum absolute atomic E-state index is 14.6. The molecule has 97 heavy (non-hydrogen) atoms. The van der Waals surface area contributed by atoms with E-state index in [-0.39, 0.29) is 72.7 Å². The summed E-state index contributed by atoms with van der Waals surface area (Å²) in [7, 11) is -14.8. The van der Waals surface area contributed by atoms with E-state index >= 15 is 0 Å². The van der Waals surface area contributed by atoms with E-state index in [1.54, 1.807) is 62.4 Å². The minimum Gasteiger partial charge on any atom is -0.414 e. The van der Waals surface area contributed by atoms with E-state index < -0.39 is 81.7 Å². The second-order valence-corrected chi connectivity index (χ2v) is 52.5. The molecule has 0 saturated heterocycles. The van der Waals surface area contributed by atoms with Gasteiger partial charge in [0.05, 0.1) is 49.6 Å². The van der Waals surface area contributed by atoms with Gasteiger partial charge in [-0.15, -0.1) is 0 Å². The predicted molar refractivity (Wildman–Crippen MR) is 404 cm³/mol. The lowest BCUT2D eigenvalue weighted by Crippen LogP contribution is -2.51.